The lowest BCUT2D eigenvalue weighted by Crippen LogP contribution is -2.39. The maximum atomic E-state index is 11.4. The molecule has 0 aliphatic rings. The molecule has 0 bridgehead atoms. The molecule has 1 unspecified atom stereocenters. The van der Waals surface area contributed by atoms with Crippen LogP contribution in [0.3, 0.4) is 0 Å². The van der Waals surface area contributed by atoms with Crippen LogP contribution in [0.15, 0.2) is 0 Å². The molecule has 0 heterocycles. The molecule has 0 saturated carbocycles. The van der Waals surface area contributed by atoms with Gasteiger partial charge in [0.2, 0.25) is 11.8 Å². The highest BCUT2D eigenvalue weighted by atomic mass is 16.5. The fourth-order valence-electron chi connectivity index (χ4n) is 1.64. The van der Waals surface area contributed by atoms with Gasteiger partial charge >= 0.3 is 0 Å². The van der Waals surface area contributed by atoms with Crippen LogP contribution in [0.4, 0.5) is 0 Å². The SMILES string of the molecule is COCCCCC(=O)NCC(O)CNC(=O)CCCCO. The molecule has 0 fully saturated rings. The Bertz CT molecular complexity index is 287. The van der Waals surface area contributed by atoms with Crippen LogP contribution in [0.25, 0.3) is 0 Å². The summed E-state index contributed by atoms with van der Waals surface area (Å²) < 4.78 is 4.89. The third-order valence-electron chi connectivity index (χ3n) is 2.88. The van der Waals surface area contributed by atoms with Crippen molar-refractivity contribution in [2.75, 3.05) is 33.4 Å². The van der Waals surface area contributed by atoms with Crippen LogP contribution in [-0.4, -0.2) is 61.5 Å². The van der Waals surface area contributed by atoms with E-state index in [-0.39, 0.29) is 31.5 Å². The summed E-state index contributed by atoms with van der Waals surface area (Å²) in [5, 5.41) is 23.4. The quantitative estimate of drug-likeness (QED) is 0.345. The second kappa shape index (κ2) is 13.8. The fraction of sp³-hybridized carbons (Fsp3) is 0.857. The van der Waals surface area contributed by atoms with E-state index >= 15 is 0 Å². The smallest absolute Gasteiger partial charge is 0.220 e. The fourth-order valence-corrected chi connectivity index (χ4v) is 1.64. The van der Waals surface area contributed by atoms with E-state index in [2.05, 4.69) is 10.6 Å². The maximum absolute atomic E-state index is 11.4. The van der Waals surface area contributed by atoms with Gasteiger partial charge in [-0.3, -0.25) is 9.59 Å². The van der Waals surface area contributed by atoms with Gasteiger partial charge in [-0.05, 0) is 25.7 Å². The molecule has 1 atom stereocenters. The van der Waals surface area contributed by atoms with Crippen molar-refractivity contribution in [1.82, 2.24) is 10.6 Å². The molecule has 0 aromatic carbocycles. The number of unbranched alkanes of at least 4 members (excludes halogenated alkanes) is 2. The number of aliphatic hydroxyl groups is 2. The number of hydrogen-bond acceptors (Lipinski definition) is 5. The van der Waals surface area contributed by atoms with Crippen molar-refractivity contribution in [1.29, 1.82) is 0 Å². The molecule has 4 N–H and O–H groups in total. The summed E-state index contributed by atoms with van der Waals surface area (Å²) in [7, 11) is 1.62. The number of rotatable bonds is 13. The van der Waals surface area contributed by atoms with Gasteiger partial charge in [0, 0.05) is 46.3 Å². The van der Waals surface area contributed by atoms with Crippen molar-refractivity contribution in [2.24, 2.45) is 0 Å². The second-order valence-electron chi connectivity index (χ2n) is 4.89. The molecule has 0 saturated heterocycles. The Kier molecular flexibility index (Phi) is 13.0. The predicted octanol–water partition coefficient (Wildman–Crippen LogP) is -0.441. The zero-order valence-electron chi connectivity index (χ0n) is 12.8. The molecular weight excluding hydrogens is 276 g/mol. The molecule has 7 heteroatoms. The van der Waals surface area contributed by atoms with Crippen LogP contribution in [0.5, 0.6) is 0 Å². The maximum Gasteiger partial charge on any atom is 0.220 e. The second-order valence-corrected chi connectivity index (χ2v) is 4.89. The molecule has 2 amide bonds. The molecule has 0 aliphatic carbocycles. The highest BCUT2D eigenvalue weighted by Gasteiger charge is 2.08. The largest absolute Gasteiger partial charge is 0.396 e. The van der Waals surface area contributed by atoms with E-state index in [1.807, 2.05) is 0 Å². The van der Waals surface area contributed by atoms with Gasteiger partial charge in [-0.1, -0.05) is 0 Å². The molecular formula is C14H28N2O5. The average molecular weight is 304 g/mol. The summed E-state index contributed by atoms with van der Waals surface area (Å²) in [6.45, 7) is 0.951. The predicted molar refractivity (Wildman–Crippen MR) is 78.7 cm³/mol. The lowest BCUT2D eigenvalue weighted by molar-refractivity contribution is -0.121. The summed E-state index contributed by atoms with van der Waals surface area (Å²) >= 11 is 0. The summed E-state index contributed by atoms with van der Waals surface area (Å²) in [6, 6.07) is 0. The molecule has 21 heavy (non-hydrogen) atoms. The zero-order chi connectivity index (χ0) is 15.9. The summed E-state index contributed by atoms with van der Waals surface area (Å²) in [6.07, 6.45) is 2.73. The van der Waals surface area contributed by atoms with E-state index < -0.39 is 6.10 Å². The third kappa shape index (κ3) is 13.6. The summed E-state index contributed by atoms with van der Waals surface area (Å²) in [5.41, 5.74) is 0. The summed E-state index contributed by atoms with van der Waals surface area (Å²) in [5.74, 6) is -0.271. The van der Waals surface area contributed by atoms with E-state index in [9.17, 15) is 14.7 Å². The number of ether oxygens (including phenoxy) is 1. The minimum absolute atomic E-state index is 0.0757. The first-order chi connectivity index (χ1) is 10.1. The van der Waals surface area contributed by atoms with E-state index in [0.29, 0.717) is 32.3 Å². The minimum atomic E-state index is -0.797. The van der Waals surface area contributed by atoms with Crippen molar-refractivity contribution >= 4 is 11.8 Å². The van der Waals surface area contributed by atoms with Crippen LogP contribution >= 0.6 is 0 Å². The Balaban J connectivity index is 3.54. The van der Waals surface area contributed by atoms with Gasteiger partial charge in [0.25, 0.3) is 0 Å². The first kappa shape index (κ1) is 19.8. The Labute approximate surface area is 126 Å². The molecule has 0 aromatic rings. The topological polar surface area (TPSA) is 108 Å². The highest BCUT2D eigenvalue weighted by Crippen LogP contribution is 1.96. The van der Waals surface area contributed by atoms with Crippen molar-refractivity contribution in [2.45, 2.75) is 44.6 Å². The number of methoxy groups -OCH3 is 1. The third-order valence-corrected chi connectivity index (χ3v) is 2.88. The van der Waals surface area contributed by atoms with Gasteiger partial charge in [-0.15, -0.1) is 0 Å². The van der Waals surface area contributed by atoms with Gasteiger partial charge in [0.15, 0.2) is 0 Å². The summed E-state index contributed by atoms with van der Waals surface area (Å²) in [4.78, 5) is 22.8. The van der Waals surface area contributed by atoms with E-state index in [1.165, 1.54) is 0 Å². The number of aliphatic hydroxyl groups excluding tert-OH is 2. The van der Waals surface area contributed by atoms with Crippen LogP contribution < -0.4 is 10.6 Å². The normalized spacial score (nSPS) is 12.0. The Morgan fingerprint density at radius 3 is 2.00 bits per heavy atom. The van der Waals surface area contributed by atoms with Gasteiger partial charge in [-0.25, -0.2) is 0 Å². The van der Waals surface area contributed by atoms with Crippen LogP contribution in [0, 0.1) is 0 Å². The zero-order valence-corrected chi connectivity index (χ0v) is 12.8. The lowest BCUT2D eigenvalue weighted by Gasteiger charge is -2.13. The van der Waals surface area contributed by atoms with Crippen molar-refractivity contribution in [3.05, 3.63) is 0 Å². The van der Waals surface area contributed by atoms with Crippen molar-refractivity contribution in [3.8, 4) is 0 Å². The molecule has 0 spiro atoms. The first-order valence-electron chi connectivity index (χ1n) is 7.41. The number of nitrogens with one attached hydrogen (secondary N) is 2. The van der Waals surface area contributed by atoms with Gasteiger partial charge in [0.1, 0.15) is 0 Å². The Hall–Kier alpha value is -1.18. The van der Waals surface area contributed by atoms with Gasteiger partial charge in [-0.2, -0.15) is 0 Å². The van der Waals surface area contributed by atoms with Crippen molar-refractivity contribution in [3.63, 3.8) is 0 Å². The number of carbonyl (C=O) groups is 2. The van der Waals surface area contributed by atoms with Gasteiger partial charge < -0.3 is 25.6 Å². The monoisotopic (exact) mass is 304 g/mol. The average Bonchev–Trinajstić information content (AvgIpc) is 2.47. The standard InChI is InChI=1S/C14H28N2O5/c1-21-9-5-3-7-14(20)16-11-12(18)10-15-13(19)6-2-4-8-17/h12,17-18H,2-11H2,1H3,(H,15,19)(H,16,20). The molecule has 0 radical (unpaired) electrons. The minimum Gasteiger partial charge on any atom is -0.396 e. The van der Waals surface area contributed by atoms with Crippen LogP contribution in [-0.2, 0) is 14.3 Å². The number of carbonyl (C=O) groups excluding carboxylic acids is 2. The van der Waals surface area contributed by atoms with E-state index in [4.69, 9.17) is 9.84 Å². The highest BCUT2D eigenvalue weighted by molar-refractivity contribution is 5.76. The van der Waals surface area contributed by atoms with Crippen LogP contribution in [0.2, 0.25) is 0 Å². The van der Waals surface area contributed by atoms with Crippen molar-refractivity contribution < 1.29 is 24.5 Å². The Morgan fingerprint density at radius 2 is 1.52 bits per heavy atom. The molecule has 0 aromatic heterocycles. The number of hydrogen-bond donors (Lipinski definition) is 4. The first-order valence-corrected chi connectivity index (χ1v) is 7.41. The molecule has 7 nitrogen and oxygen atoms in total. The van der Waals surface area contributed by atoms with E-state index in [1.54, 1.807) is 7.11 Å². The number of amides is 2. The lowest BCUT2D eigenvalue weighted by atomic mass is 10.2. The molecule has 124 valence electrons. The molecule has 0 rings (SSSR count). The molecule has 0 aliphatic heterocycles. The van der Waals surface area contributed by atoms with Gasteiger partial charge in [0.05, 0.1) is 6.10 Å². The van der Waals surface area contributed by atoms with Crippen LogP contribution in [0.1, 0.15) is 38.5 Å². The van der Waals surface area contributed by atoms with E-state index in [0.717, 1.165) is 12.8 Å². The Morgan fingerprint density at radius 1 is 1.00 bits per heavy atom.